The van der Waals surface area contributed by atoms with Gasteiger partial charge in [-0.15, -0.1) is 0 Å². The second-order valence-electron chi connectivity index (χ2n) is 3.05. The van der Waals surface area contributed by atoms with E-state index in [1.54, 1.807) is 18.2 Å². The van der Waals surface area contributed by atoms with Gasteiger partial charge in [-0.1, -0.05) is 11.6 Å². The fourth-order valence-corrected chi connectivity index (χ4v) is 1.57. The van der Waals surface area contributed by atoms with Crippen LogP contribution >= 0.6 is 11.6 Å². The van der Waals surface area contributed by atoms with Crippen molar-refractivity contribution in [1.29, 1.82) is 0 Å². The zero-order valence-corrected chi connectivity index (χ0v) is 8.38. The Morgan fingerprint density at radius 3 is 3.07 bits per heavy atom. The van der Waals surface area contributed by atoms with Crippen molar-refractivity contribution >= 4 is 17.4 Å². The third kappa shape index (κ3) is 1.61. The fraction of sp³-hybridized carbons (Fsp3) is 0.300. The van der Waals surface area contributed by atoms with Gasteiger partial charge in [-0.3, -0.25) is 4.79 Å². The van der Waals surface area contributed by atoms with E-state index in [0.29, 0.717) is 16.3 Å². The van der Waals surface area contributed by atoms with E-state index in [1.165, 1.54) is 7.11 Å². The Balaban J connectivity index is 2.40. The van der Waals surface area contributed by atoms with Crippen molar-refractivity contribution in [2.24, 2.45) is 0 Å². The maximum Gasteiger partial charge on any atom is 0.206 e. The maximum absolute atomic E-state index is 11.6. The largest absolute Gasteiger partial charge is 0.464 e. The van der Waals surface area contributed by atoms with Crippen LogP contribution in [0.15, 0.2) is 18.2 Å². The molecule has 0 fully saturated rings. The van der Waals surface area contributed by atoms with Gasteiger partial charge in [-0.25, -0.2) is 0 Å². The van der Waals surface area contributed by atoms with Gasteiger partial charge in [0.2, 0.25) is 6.29 Å². The lowest BCUT2D eigenvalue weighted by Gasteiger charge is -2.23. The quantitative estimate of drug-likeness (QED) is 0.717. The van der Waals surface area contributed by atoms with E-state index >= 15 is 0 Å². The molecule has 0 saturated carbocycles. The van der Waals surface area contributed by atoms with Crippen LogP contribution in [0.3, 0.4) is 0 Å². The number of Topliss-reactive ketones (excluding diaryl/α,β-unsaturated/α-hetero) is 1. The zero-order chi connectivity index (χ0) is 10.1. The molecule has 0 bridgehead atoms. The Morgan fingerprint density at radius 1 is 1.57 bits per heavy atom. The van der Waals surface area contributed by atoms with E-state index in [2.05, 4.69) is 0 Å². The summed E-state index contributed by atoms with van der Waals surface area (Å²) in [5.41, 5.74) is 0.533. The number of hydrogen-bond acceptors (Lipinski definition) is 3. The van der Waals surface area contributed by atoms with Gasteiger partial charge in [0.15, 0.2) is 5.78 Å². The van der Waals surface area contributed by atoms with E-state index < -0.39 is 6.29 Å². The summed E-state index contributed by atoms with van der Waals surface area (Å²) in [6.45, 7) is 0. The van der Waals surface area contributed by atoms with Gasteiger partial charge in [-0.05, 0) is 18.2 Å². The molecule has 0 spiro atoms. The summed E-state index contributed by atoms with van der Waals surface area (Å²) in [5, 5.41) is 0.538. The van der Waals surface area contributed by atoms with Crippen molar-refractivity contribution in [3.8, 4) is 5.75 Å². The van der Waals surface area contributed by atoms with Gasteiger partial charge in [0.25, 0.3) is 0 Å². The molecule has 0 radical (unpaired) electrons. The van der Waals surface area contributed by atoms with Crippen molar-refractivity contribution in [2.75, 3.05) is 7.11 Å². The van der Waals surface area contributed by atoms with Gasteiger partial charge < -0.3 is 9.47 Å². The number of hydrogen-bond donors (Lipinski definition) is 0. The molecule has 2 rings (SSSR count). The van der Waals surface area contributed by atoms with Crippen LogP contribution in [0.4, 0.5) is 0 Å². The molecule has 0 N–H and O–H groups in total. The Bertz CT molecular complexity index is 376. The minimum Gasteiger partial charge on any atom is -0.464 e. The topological polar surface area (TPSA) is 35.5 Å². The number of halogens is 1. The average Bonchev–Trinajstić information content (AvgIpc) is 2.19. The van der Waals surface area contributed by atoms with Crippen LogP contribution in [0.1, 0.15) is 16.8 Å². The maximum atomic E-state index is 11.6. The summed E-state index contributed by atoms with van der Waals surface area (Å²) in [6, 6.07) is 4.98. The minimum atomic E-state index is -0.476. The highest BCUT2D eigenvalue weighted by atomic mass is 35.5. The van der Waals surface area contributed by atoms with Gasteiger partial charge in [-0.2, -0.15) is 0 Å². The van der Waals surface area contributed by atoms with Crippen LogP contribution in [0, 0.1) is 0 Å². The van der Waals surface area contributed by atoms with Crippen LogP contribution in [-0.4, -0.2) is 19.2 Å². The molecule has 1 aliphatic heterocycles. The summed E-state index contributed by atoms with van der Waals surface area (Å²) in [5.74, 6) is 0.540. The molecule has 1 aromatic rings. The molecule has 1 heterocycles. The second-order valence-corrected chi connectivity index (χ2v) is 3.49. The summed E-state index contributed by atoms with van der Waals surface area (Å²) in [6.07, 6.45) is -0.236. The molecule has 4 heteroatoms. The first-order chi connectivity index (χ1) is 6.70. The molecule has 0 aliphatic carbocycles. The number of methoxy groups -OCH3 is 1. The summed E-state index contributed by atoms with van der Waals surface area (Å²) in [4.78, 5) is 11.6. The third-order valence-corrected chi connectivity index (χ3v) is 2.35. The number of ketones is 1. The first kappa shape index (κ1) is 9.49. The third-order valence-electron chi connectivity index (χ3n) is 2.12. The smallest absolute Gasteiger partial charge is 0.206 e. The van der Waals surface area contributed by atoms with Crippen LogP contribution in [0.25, 0.3) is 0 Å². The van der Waals surface area contributed by atoms with Crippen molar-refractivity contribution in [3.05, 3.63) is 28.8 Å². The summed E-state index contributed by atoms with van der Waals surface area (Å²) >= 11 is 5.77. The SMILES string of the molecule is COC1CC(=O)c2cc(Cl)ccc2O1. The minimum absolute atomic E-state index is 0.000556. The molecule has 1 aliphatic rings. The van der Waals surface area contributed by atoms with Crippen molar-refractivity contribution in [3.63, 3.8) is 0 Å². The highest BCUT2D eigenvalue weighted by Gasteiger charge is 2.26. The fourth-order valence-electron chi connectivity index (χ4n) is 1.40. The molecule has 0 aromatic heterocycles. The highest BCUT2D eigenvalue weighted by molar-refractivity contribution is 6.31. The van der Waals surface area contributed by atoms with E-state index in [-0.39, 0.29) is 12.2 Å². The molecule has 14 heavy (non-hydrogen) atoms. The van der Waals surface area contributed by atoms with E-state index in [4.69, 9.17) is 21.1 Å². The molecule has 1 unspecified atom stereocenters. The molecule has 3 nitrogen and oxygen atoms in total. The average molecular weight is 213 g/mol. The Labute approximate surface area is 86.6 Å². The lowest BCUT2D eigenvalue weighted by molar-refractivity contribution is -0.0575. The van der Waals surface area contributed by atoms with Crippen molar-refractivity contribution in [1.82, 2.24) is 0 Å². The van der Waals surface area contributed by atoms with Gasteiger partial charge >= 0.3 is 0 Å². The molecule has 0 amide bonds. The molecule has 74 valence electrons. The molecular weight excluding hydrogens is 204 g/mol. The Morgan fingerprint density at radius 2 is 2.36 bits per heavy atom. The Hall–Kier alpha value is -1.06. The van der Waals surface area contributed by atoms with Crippen LogP contribution < -0.4 is 4.74 Å². The Kier molecular flexibility index (Phi) is 2.44. The number of benzene rings is 1. The van der Waals surface area contributed by atoms with E-state index in [0.717, 1.165) is 0 Å². The standard InChI is InChI=1S/C10H9ClO3/c1-13-10-5-8(12)7-4-6(11)2-3-9(7)14-10/h2-4,10H,5H2,1H3. The van der Waals surface area contributed by atoms with Gasteiger partial charge in [0.1, 0.15) is 5.75 Å². The number of ether oxygens (including phenoxy) is 2. The van der Waals surface area contributed by atoms with Crippen molar-refractivity contribution in [2.45, 2.75) is 12.7 Å². The predicted octanol–water partition coefficient (Wildman–Crippen LogP) is 2.28. The molecule has 1 atom stereocenters. The van der Waals surface area contributed by atoms with Crippen LogP contribution in [0.5, 0.6) is 5.75 Å². The number of carbonyl (C=O) groups excluding carboxylic acids is 1. The first-order valence-corrected chi connectivity index (χ1v) is 4.60. The van der Waals surface area contributed by atoms with Crippen molar-refractivity contribution < 1.29 is 14.3 Å². The van der Waals surface area contributed by atoms with Crippen LogP contribution in [-0.2, 0) is 4.74 Å². The molecular formula is C10H9ClO3. The molecule has 1 aromatic carbocycles. The molecule has 0 saturated heterocycles. The highest BCUT2D eigenvalue weighted by Crippen LogP contribution is 2.29. The van der Waals surface area contributed by atoms with E-state index in [9.17, 15) is 4.79 Å². The lowest BCUT2D eigenvalue weighted by atomic mass is 10.0. The van der Waals surface area contributed by atoms with Gasteiger partial charge in [0, 0.05) is 12.1 Å². The summed E-state index contributed by atoms with van der Waals surface area (Å²) < 4.78 is 10.4. The monoisotopic (exact) mass is 212 g/mol. The number of rotatable bonds is 1. The lowest BCUT2D eigenvalue weighted by Crippen LogP contribution is -2.28. The number of carbonyl (C=O) groups is 1. The number of fused-ring (bicyclic) bond motifs is 1. The van der Waals surface area contributed by atoms with E-state index in [1.807, 2.05) is 0 Å². The first-order valence-electron chi connectivity index (χ1n) is 4.23. The predicted molar refractivity (Wildman–Crippen MR) is 51.8 cm³/mol. The van der Waals surface area contributed by atoms with Gasteiger partial charge in [0.05, 0.1) is 12.0 Å². The normalized spacial score (nSPS) is 20.1. The summed E-state index contributed by atoms with van der Waals surface area (Å²) in [7, 11) is 1.51. The second kappa shape index (κ2) is 3.59. The van der Waals surface area contributed by atoms with Crippen LogP contribution in [0.2, 0.25) is 5.02 Å². The zero-order valence-electron chi connectivity index (χ0n) is 7.62.